The zero-order valence-corrected chi connectivity index (χ0v) is 14.2. The van der Waals surface area contributed by atoms with Gasteiger partial charge in [0.2, 0.25) is 0 Å². The van der Waals surface area contributed by atoms with Crippen molar-refractivity contribution in [2.24, 2.45) is 0 Å². The summed E-state index contributed by atoms with van der Waals surface area (Å²) < 4.78 is 6.80. The lowest BCUT2D eigenvalue weighted by molar-refractivity contribution is 0.354. The monoisotopic (exact) mass is 367 g/mol. The molecule has 0 aliphatic carbocycles. The minimum Gasteiger partial charge on any atom is -0.493 e. The summed E-state index contributed by atoms with van der Waals surface area (Å²) >= 11 is 9.65. The molecule has 0 saturated carbocycles. The lowest BCUT2D eigenvalue weighted by Crippen LogP contribution is -2.07. The Balaban J connectivity index is 1.86. The van der Waals surface area contributed by atoms with Gasteiger partial charge in [0, 0.05) is 28.6 Å². The predicted molar refractivity (Wildman–Crippen MR) is 87.2 cm³/mol. The first-order chi connectivity index (χ1) is 10.0. The van der Waals surface area contributed by atoms with E-state index in [2.05, 4.69) is 43.3 Å². The molecule has 0 spiro atoms. The van der Waals surface area contributed by atoms with E-state index >= 15 is 0 Å². The average molecular weight is 369 g/mol. The third-order valence-corrected chi connectivity index (χ3v) is 4.30. The third-order valence-electron chi connectivity index (χ3n) is 3.47. The minimum absolute atomic E-state index is 0.487. The molecule has 1 aromatic heterocycles. The van der Waals surface area contributed by atoms with Crippen LogP contribution in [0.15, 0.2) is 16.6 Å². The Morgan fingerprint density at radius 1 is 1.33 bits per heavy atom. The molecule has 1 aliphatic heterocycles. The molecule has 1 aliphatic rings. The molecular weight excluding hydrogens is 354 g/mol. The lowest BCUT2D eigenvalue weighted by Gasteiger charge is -2.13. The third kappa shape index (κ3) is 2.99. The predicted octanol–water partition coefficient (Wildman–Crippen LogP) is 4.06. The Hall–Kier alpha value is -1.33. The first-order valence-electron chi connectivity index (χ1n) is 6.73. The van der Waals surface area contributed by atoms with Crippen LogP contribution in [0.25, 0.3) is 0 Å². The number of aromatic nitrogens is 2. The van der Waals surface area contributed by atoms with E-state index in [0.717, 1.165) is 40.2 Å². The second-order valence-corrected chi connectivity index (χ2v) is 6.31. The maximum absolute atomic E-state index is 6.10. The molecule has 1 aromatic carbocycles. The molecule has 0 unspecified atom stereocenters. The number of aryl methyl sites for hydroxylation is 1. The molecule has 0 fully saturated rings. The van der Waals surface area contributed by atoms with Crippen LogP contribution in [0.1, 0.15) is 22.5 Å². The number of ether oxygens (including phenoxy) is 1. The Labute approximate surface area is 137 Å². The van der Waals surface area contributed by atoms with Gasteiger partial charge in [-0.2, -0.15) is 0 Å². The zero-order chi connectivity index (χ0) is 15.0. The number of rotatable bonds is 3. The van der Waals surface area contributed by atoms with Crippen molar-refractivity contribution >= 4 is 33.3 Å². The van der Waals surface area contributed by atoms with E-state index in [4.69, 9.17) is 16.3 Å². The molecule has 4 nitrogen and oxygen atoms in total. The van der Waals surface area contributed by atoms with E-state index in [1.54, 1.807) is 0 Å². The summed E-state index contributed by atoms with van der Waals surface area (Å²) in [6.45, 7) is 5.12. The summed E-state index contributed by atoms with van der Waals surface area (Å²) in [7, 11) is 0. The van der Waals surface area contributed by atoms with E-state index in [-0.39, 0.29) is 0 Å². The van der Waals surface area contributed by atoms with Crippen molar-refractivity contribution in [3.8, 4) is 5.75 Å². The summed E-state index contributed by atoms with van der Waals surface area (Å²) in [6, 6.07) is 4.19. The van der Waals surface area contributed by atoms with Crippen LogP contribution in [0.2, 0.25) is 5.15 Å². The minimum atomic E-state index is 0.487. The summed E-state index contributed by atoms with van der Waals surface area (Å²) in [5.41, 5.74) is 3.22. The van der Waals surface area contributed by atoms with E-state index in [9.17, 15) is 0 Å². The van der Waals surface area contributed by atoms with Gasteiger partial charge in [-0.25, -0.2) is 9.97 Å². The highest BCUT2D eigenvalue weighted by Crippen LogP contribution is 2.33. The van der Waals surface area contributed by atoms with Crippen molar-refractivity contribution in [2.45, 2.75) is 26.8 Å². The van der Waals surface area contributed by atoms with Crippen LogP contribution in [0, 0.1) is 13.8 Å². The van der Waals surface area contributed by atoms with Crippen molar-refractivity contribution in [3.63, 3.8) is 0 Å². The molecule has 6 heteroatoms. The van der Waals surface area contributed by atoms with Gasteiger partial charge < -0.3 is 10.1 Å². The first-order valence-corrected chi connectivity index (χ1v) is 7.90. The summed E-state index contributed by atoms with van der Waals surface area (Å²) in [4.78, 5) is 8.55. The summed E-state index contributed by atoms with van der Waals surface area (Å²) in [6.07, 6.45) is 0.958. The van der Waals surface area contributed by atoms with Gasteiger partial charge in [0.1, 0.15) is 22.5 Å². The maximum Gasteiger partial charge on any atom is 0.137 e. The van der Waals surface area contributed by atoms with Crippen LogP contribution in [-0.4, -0.2) is 16.6 Å². The molecule has 3 rings (SSSR count). The number of hydrogen-bond donors (Lipinski definition) is 1. The van der Waals surface area contributed by atoms with Crippen LogP contribution < -0.4 is 10.1 Å². The van der Waals surface area contributed by atoms with Crippen LogP contribution in [0.4, 0.5) is 5.82 Å². The van der Waals surface area contributed by atoms with E-state index in [1.165, 1.54) is 5.56 Å². The van der Waals surface area contributed by atoms with Gasteiger partial charge >= 0.3 is 0 Å². The molecular formula is C15H15BrClN3O. The average Bonchev–Trinajstić information content (AvgIpc) is 2.88. The van der Waals surface area contributed by atoms with Gasteiger partial charge in [0.15, 0.2) is 0 Å². The highest BCUT2D eigenvalue weighted by molar-refractivity contribution is 9.10. The molecule has 0 radical (unpaired) electrons. The maximum atomic E-state index is 6.10. The molecule has 0 amide bonds. The lowest BCUT2D eigenvalue weighted by atomic mass is 10.1. The summed E-state index contributed by atoms with van der Waals surface area (Å²) in [5, 5.41) is 3.82. The van der Waals surface area contributed by atoms with Gasteiger partial charge in [-0.15, -0.1) is 0 Å². The molecule has 2 heterocycles. The Bertz CT molecular complexity index is 706. The second kappa shape index (κ2) is 5.81. The van der Waals surface area contributed by atoms with Crippen LogP contribution in [-0.2, 0) is 13.0 Å². The fourth-order valence-corrected chi connectivity index (χ4v) is 3.19. The van der Waals surface area contributed by atoms with Crippen molar-refractivity contribution < 1.29 is 4.74 Å². The van der Waals surface area contributed by atoms with Crippen LogP contribution in [0.5, 0.6) is 5.75 Å². The van der Waals surface area contributed by atoms with E-state index in [0.29, 0.717) is 17.5 Å². The van der Waals surface area contributed by atoms with Crippen molar-refractivity contribution in [2.75, 3.05) is 11.9 Å². The molecule has 0 atom stereocenters. The zero-order valence-electron chi connectivity index (χ0n) is 11.8. The van der Waals surface area contributed by atoms with Crippen LogP contribution >= 0.6 is 27.5 Å². The smallest absolute Gasteiger partial charge is 0.137 e. The molecule has 21 heavy (non-hydrogen) atoms. The summed E-state index contributed by atoms with van der Waals surface area (Å²) in [5.74, 6) is 2.41. The van der Waals surface area contributed by atoms with Gasteiger partial charge in [-0.05, 0) is 31.5 Å². The topological polar surface area (TPSA) is 47.0 Å². The van der Waals surface area contributed by atoms with E-state index in [1.807, 2.05) is 13.8 Å². The standard InChI is InChI=1S/C15H15BrClN3O/c1-8-14(17)19-9(2)20-15(8)18-7-11-6-12(16)5-10-3-4-21-13(10)11/h5-6H,3-4,7H2,1-2H3,(H,18,19,20). The largest absolute Gasteiger partial charge is 0.493 e. The Morgan fingerprint density at radius 2 is 2.14 bits per heavy atom. The number of nitrogens with zero attached hydrogens (tertiary/aromatic N) is 2. The quantitative estimate of drug-likeness (QED) is 0.830. The molecule has 1 N–H and O–H groups in total. The second-order valence-electron chi connectivity index (χ2n) is 5.04. The molecule has 2 aromatic rings. The fraction of sp³-hybridized carbons (Fsp3) is 0.333. The Kier molecular flexibility index (Phi) is 4.04. The molecule has 110 valence electrons. The normalized spacial score (nSPS) is 13.0. The number of benzene rings is 1. The van der Waals surface area contributed by atoms with Gasteiger partial charge in [0.05, 0.1) is 6.61 Å². The molecule has 0 saturated heterocycles. The number of fused-ring (bicyclic) bond motifs is 1. The number of halogens is 2. The fourth-order valence-electron chi connectivity index (χ4n) is 2.42. The highest BCUT2D eigenvalue weighted by atomic mass is 79.9. The number of anilines is 1. The first kappa shape index (κ1) is 14.6. The van der Waals surface area contributed by atoms with Gasteiger partial charge in [0.25, 0.3) is 0 Å². The number of hydrogen-bond acceptors (Lipinski definition) is 4. The van der Waals surface area contributed by atoms with Crippen molar-refractivity contribution in [1.29, 1.82) is 0 Å². The van der Waals surface area contributed by atoms with Crippen LogP contribution in [0.3, 0.4) is 0 Å². The Morgan fingerprint density at radius 3 is 2.95 bits per heavy atom. The SMILES string of the molecule is Cc1nc(Cl)c(C)c(NCc2cc(Br)cc3c2OCC3)n1. The number of nitrogens with one attached hydrogen (secondary N) is 1. The van der Waals surface area contributed by atoms with Crippen molar-refractivity contribution in [1.82, 2.24) is 9.97 Å². The highest BCUT2D eigenvalue weighted by Gasteiger charge is 2.17. The van der Waals surface area contributed by atoms with Crippen molar-refractivity contribution in [3.05, 3.63) is 44.3 Å². The van der Waals surface area contributed by atoms with Gasteiger partial charge in [-0.1, -0.05) is 27.5 Å². The molecule has 0 bridgehead atoms. The van der Waals surface area contributed by atoms with E-state index < -0.39 is 0 Å². The van der Waals surface area contributed by atoms with Gasteiger partial charge in [-0.3, -0.25) is 0 Å².